The molecule has 1 unspecified atom stereocenters. The van der Waals surface area contributed by atoms with Gasteiger partial charge in [0, 0.05) is 12.3 Å². The lowest BCUT2D eigenvalue weighted by atomic mass is 10.1. The van der Waals surface area contributed by atoms with Crippen LogP contribution in [0.25, 0.3) is 0 Å². The number of hydrogen-bond acceptors (Lipinski definition) is 5. The molecular formula is C19H22N6O3. The van der Waals surface area contributed by atoms with Crippen molar-refractivity contribution < 1.29 is 9.72 Å². The molecule has 1 aromatic carbocycles. The van der Waals surface area contributed by atoms with E-state index in [-0.39, 0.29) is 17.3 Å². The van der Waals surface area contributed by atoms with Crippen molar-refractivity contribution in [2.24, 2.45) is 0 Å². The SMILES string of the molecule is Cc1cccc(Cn2ccc(NC(=O)C(C)n3nc(C)c([N+](=O)[O-])c3C)n2)c1. The first-order valence-corrected chi connectivity index (χ1v) is 8.86. The fourth-order valence-corrected chi connectivity index (χ4v) is 3.15. The van der Waals surface area contributed by atoms with E-state index in [4.69, 9.17) is 0 Å². The molecule has 0 saturated carbocycles. The van der Waals surface area contributed by atoms with E-state index in [1.165, 1.54) is 10.2 Å². The van der Waals surface area contributed by atoms with Gasteiger partial charge in [0.25, 0.3) is 0 Å². The molecule has 0 aliphatic carbocycles. The molecule has 0 aliphatic rings. The summed E-state index contributed by atoms with van der Waals surface area (Å²) in [5.41, 5.74) is 2.84. The van der Waals surface area contributed by atoms with E-state index in [0.717, 1.165) is 5.56 Å². The first-order valence-electron chi connectivity index (χ1n) is 8.86. The Kier molecular flexibility index (Phi) is 5.25. The monoisotopic (exact) mass is 382 g/mol. The van der Waals surface area contributed by atoms with E-state index < -0.39 is 11.0 Å². The molecule has 3 rings (SSSR count). The van der Waals surface area contributed by atoms with E-state index in [1.54, 1.807) is 37.7 Å². The third kappa shape index (κ3) is 3.93. The summed E-state index contributed by atoms with van der Waals surface area (Å²) in [6.45, 7) is 7.40. The van der Waals surface area contributed by atoms with Crippen molar-refractivity contribution in [1.29, 1.82) is 0 Å². The minimum atomic E-state index is -0.714. The van der Waals surface area contributed by atoms with Crippen LogP contribution in [0.5, 0.6) is 0 Å². The van der Waals surface area contributed by atoms with Gasteiger partial charge in [0.1, 0.15) is 17.4 Å². The molecule has 0 fully saturated rings. The summed E-state index contributed by atoms with van der Waals surface area (Å²) in [6, 6.07) is 9.12. The standard InChI is InChI=1S/C19H22N6O3/c1-12-6-5-7-16(10-12)11-23-9-8-17(22-23)20-19(26)15(4)24-14(3)18(25(27)28)13(2)21-24/h5-10,15H,11H2,1-4H3,(H,20,22,26). The third-order valence-corrected chi connectivity index (χ3v) is 4.53. The number of benzene rings is 1. The molecule has 1 amide bonds. The molecular weight excluding hydrogens is 360 g/mol. The summed E-state index contributed by atoms with van der Waals surface area (Å²) in [5, 5.41) is 22.4. The van der Waals surface area contributed by atoms with Gasteiger partial charge in [0.15, 0.2) is 5.82 Å². The molecule has 0 saturated heterocycles. The summed E-state index contributed by atoms with van der Waals surface area (Å²) < 4.78 is 3.11. The average Bonchev–Trinajstić information content (AvgIpc) is 3.17. The van der Waals surface area contributed by atoms with E-state index in [2.05, 4.69) is 21.6 Å². The number of carbonyl (C=O) groups is 1. The Morgan fingerprint density at radius 3 is 2.64 bits per heavy atom. The predicted octanol–water partition coefficient (Wildman–Crippen LogP) is 3.16. The third-order valence-electron chi connectivity index (χ3n) is 4.53. The van der Waals surface area contributed by atoms with Gasteiger partial charge < -0.3 is 5.32 Å². The van der Waals surface area contributed by atoms with Crippen LogP contribution in [0.2, 0.25) is 0 Å². The molecule has 9 nitrogen and oxygen atoms in total. The van der Waals surface area contributed by atoms with Crippen LogP contribution < -0.4 is 5.32 Å². The summed E-state index contributed by atoms with van der Waals surface area (Å²) in [5.74, 6) is 0.0711. The van der Waals surface area contributed by atoms with Crippen molar-refractivity contribution in [1.82, 2.24) is 19.6 Å². The largest absolute Gasteiger partial charge is 0.312 e. The molecule has 2 heterocycles. The molecule has 28 heavy (non-hydrogen) atoms. The number of nitro groups is 1. The van der Waals surface area contributed by atoms with Gasteiger partial charge in [-0.1, -0.05) is 29.8 Å². The highest BCUT2D eigenvalue weighted by Crippen LogP contribution is 2.25. The molecule has 146 valence electrons. The Morgan fingerprint density at radius 2 is 2.00 bits per heavy atom. The van der Waals surface area contributed by atoms with Crippen molar-refractivity contribution in [3.05, 3.63) is 69.2 Å². The Hall–Kier alpha value is -3.49. The summed E-state index contributed by atoms with van der Waals surface area (Å²) in [6.07, 6.45) is 1.79. The Morgan fingerprint density at radius 1 is 1.25 bits per heavy atom. The van der Waals surface area contributed by atoms with Crippen LogP contribution >= 0.6 is 0 Å². The number of aryl methyl sites for hydroxylation is 2. The first-order chi connectivity index (χ1) is 13.3. The lowest BCUT2D eigenvalue weighted by molar-refractivity contribution is -0.386. The number of anilines is 1. The number of nitrogens with zero attached hydrogens (tertiary/aromatic N) is 5. The van der Waals surface area contributed by atoms with Crippen LogP contribution in [-0.4, -0.2) is 30.4 Å². The molecule has 0 spiro atoms. The van der Waals surface area contributed by atoms with Gasteiger partial charge in [-0.2, -0.15) is 10.2 Å². The zero-order valence-electron chi connectivity index (χ0n) is 16.2. The van der Waals surface area contributed by atoms with Crippen LogP contribution in [0.3, 0.4) is 0 Å². The topological polar surface area (TPSA) is 108 Å². The van der Waals surface area contributed by atoms with Crippen LogP contribution in [-0.2, 0) is 11.3 Å². The van der Waals surface area contributed by atoms with E-state index in [1.807, 2.05) is 25.1 Å². The highest BCUT2D eigenvalue weighted by atomic mass is 16.6. The minimum Gasteiger partial charge on any atom is -0.307 e. The molecule has 1 N–H and O–H groups in total. The number of hydrogen-bond donors (Lipinski definition) is 1. The number of rotatable bonds is 6. The van der Waals surface area contributed by atoms with Gasteiger partial charge in [0.2, 0.25) is 5.91 Å². The van der Waals surface area contributed by atoms with E-state index in [0.29, 0.717) is 18.1 Å². The molecule has 0 aliphatic heterocycles. The predicted molar refractivity (Wildman–Crippen MR) is 104 cm³/mol. The van der Waals surface area contributed by atoms with Crippen LogP contribution in [0.15, 0.2) is 36.5 Å². The van der Waals surface area contributed by atoms with Gasteiger partial charge in [-0.25, -0.2) is 0 Å². The van der Waals surface area contributed by atoms with Gasteiger partial charge in [-0.3, -0.25) is 24.3 Å². The maximum Gasteiger partial charge on any atom is 0.312 e. The van der Waals surface area contributed by atoms with Crippen molar-refractivity contribution in [2.45, 2.75) is 40.3 Å². The number of carbonyl (C=O) groups excluding carboxylic acids is 1. The van der Waals surface area contributed by atoms with Gasteiger partial charge in [0.05, 0.1) is 11.5 Å². The molecule has 2 aromatic heterocycles. The zero-order chi connectivity index (χ0) is 20.4. The Bertz CT molecular complexity index is 1040. The molecule has 0 radical (unpaired) electrons. The van der Waals surface area contributed by atoms with Crippen molar-refractivity contribution in [3.63, 3.8) is 0 Å². The van der Waals surface area contributed by atoms with Crippen LogP contribution in [0.4, 0.5) is 11.5 Å². The maximum atomic E-state index is 12.6. The second-order valence-corrected chi connectivity index (χ2v) is 6.77. The molecule has 0 bridgehead atoms. The van der Waals surface area contributed by atoms with Crippen molar-refractivity contribution in [3.8, 4) is 0 Å². The quantitative estimate of drug-likeness (QED) is 0.520. The Labute approximate surface area is 162 Å². The average molecular weight is 382 g/mol. The zero-order valence-corrected chi connectivity index (χ0v) is 16.2. The molecule has 9 heteroatoms. The highest BCUT2D eigenvalue weighted by molar-refractivity contribution is 5.92. The smallest absolute Gasteiger partial charge is 0.307 e. The van der Waals surface area contributed by atoms with Crippen LogP contribution in [0.1, 0.15) is 35.5 Å². The van der Waals surface area contributed by atoms with Crippen molar-refractivity contribution in [2.75, 3.05) is 5.32 Å². The van der Waals surface area contributed by atoms with Gasteiger partial charge in [-0.05, 0) is 33.3 Å². The lowest BCUT2D eigenvalue weighted by Crippen LogP contribution is -2.25. The second-order valence-electron chi connectivity index (χ2n) is 6.77. The van der Waals surface area contributed by atoms with E-state index in [9.17, 15) is 14.9 Å². The van der Waals surface area contributed by atoms with Crippen LogP contribution in [0, 0.1) is 30.9 Å². The number of aromatic nitrogens is 4. The highest BCUT2D eigenvalue weighted by Gasteiger charge is 2.27. The number of amides is 1. The van der Waals surface area contributed by atoms with E-state index >= 15 is 0 Å². The normalized spacial score (nSPS) is 12.0. The summed E-state index contributed by atoms with van der Waals surface area (Å²) in [4.78, 5) is 23.2. The lowest BCUT2D eigenvalue weighted by Gasteiger charge is -2.12. The minimum absolute atomic E-state index is 0.0675. The maximum absolute atomic E-state index is 12.6. The van der Waals surface area contributed by atoms with Gasteiger partial charge >= 0.3 is 5.69 Å². The van der Waals surface area contributed by atoms with Crippen molar-refractivity contribution >= 4 is 17.4 Å². The fraction of sp³-hybridized carbons (Fsp3) is 0.316. The first kappa shape index (κ1) is 19.3. The summed E-state index contributed by atoms with van der Waals surface area (Å²) in [7, 11) is 0. The summed E-state index contributed by atoms with van der Waals surface area (Å²) >= 11 is 0. The Balaban J connectivity index is 1.71. The molecule has 3 aromatic rings. The fourth-order valence-electron chi connectivity index (χ4n) is 3.15. The number of nitrogens with one attached hydrogen (secondary N) is 1. The molecule has 1 atom stereocenters. The second kappa shape index (κ2) is 7.63. The van der Waals surface area contributed by atoms with Gasteiger partial charge in [-0.15, -0.1) is 0 Å².